The Labute approximate surface area is 151 Å². The van der Waals surface area contributed by atoms with E-state index in [4.69, 9.17) is 11.6 Å². The summed E-state index contributed by atoms with van der Waals surface area (Å²) >= 11 is 6.40. The summed E-state index contributed by atoms with van der Waals surface area (Å²) in [7, 11) is 0. The van der Waals surface area contributed by atoms with Gasteiger partial charge in [-0.1, -0.05) is 29.8 Å². The molecule has 2 aromatic carbocycles. The fourth-order valence-electron chi connectivity index (χ4n) is 3.12. The number of fused-ring (bicyclic) bond motifs is 4. The van der Waals surface area contributed by atoms with Gasteiger partial charge in [-0.15, -0.1) is 10.2 Å². The van der Waals surface area contributed by atoms with Crippen molar-refractivity contribution in [2.24, 2.45) is 0 Å². The molecule has 0 bridgehead atoms. The van der Waals surface area contributed by atoms with E-state index in [0.717, 1.165) is 22.0 Å². The maximum Gasteiger partial charge on any atom is 0.273 e. The highest BCUT2D eigenvalue weighted by Crippen LogP contribution is 2.31. The zero-order valence-corrected chi connectivity index (χ0v) is 14.4. The Kier molecular flexibility index (Phi) is 3.20. The molecule has 0 atom stereocenters. The largest absolute Gasteiger partial charge is 0.337 e. The average Bonchev–Trinajstić information content (AvgIpc) is 3.20. The van der Waals surface area contributed by atoms with Crippen molar-refractivity contribution >= 4 is 39.4 Å². The number of halogens is 2. The average molecular weight is 367 g/mol. The first-order valence-corrected chi connectivity index (χ1v) is 8.41. The summed E-state index contributed by atoms with van der Waals surface area (Å²) in [5, 5.41) is 14.4. The van der Waals surface area contributed by atoms with Crippen molar-refractivity contribution in [3.8, 4) is 0 Å². The van der Waals surface area contributed by atoms with Crippen LogP contribution in [0.25, 0.3) is 27.8 Å². The highest BCUT2D eigenvalue weighted by Gasteiger charge is 2.16. The van der Waals surface area contributed by atoms with Crippen LogP contribution in [0.2, 0.25) is 5.02 Å². The van der Waals surface area contributed by atoms with Gasteiger partial charge in [-0.25, -0.2) is 4.39 Å². The van der Waals surface area contributed by atoms with Crippen LogP contribution in [0.1, 0.15) is 17.0 Å². The number of nitrogens with one attached hydrogen (secondary N) is 1. The van der Waals surface area contributed by atoms with Crippen molar-refractivity contribution in [1.82, 2.24) is 29.8 Å². The minimum Gasteiger partial charge on any atom is -0.337 e. The van der Waals surface area contributed by atoms with Gasteiger partial charge in [0.25, 0.3) is 5.78 Å². The molecule has 0 fully saturated rings. The van der Waals surface area contributed by atoms with Crippen LogP contribution in [0.15, 0.2) is 36.4 Å². The lowest BCUT2D eigenvalue weighted by Gasteiger charge is -2.01. The van der Waals surface area contributed by atoms with Crippen LogP contribution in [0.4, 0.5) is 4.39 Å². The monoisotopic (exact) mass is 366 g/mol. The van der Waals surface area contributed by atoms with E-state index in [2.05, 4.69) is 25.3 Å². The van der Waals surface area contributed by atoms with Gasteiger partial charge < -0.3 is 4.98 Å². The molecule has 8 heteroatoms. The molecule has 0 aliphatic rings. The number of nitrogens with zero attached hydrogens (tertiary/aromatic N) is 5. The zero-order valence-electron chi connectivity index (χ0n) is 13.7. The lowest BCUT2D eigenvalue weighted by Crippen LogP contribution is -2.01. The molecule has 26 heavy (non-hydrogen) atoms. The summed E-state index contributed by atoms with van der Waals surface area (Å²) < 4.78 is 14.7. The molecule has 0 aliphatic carbocycles. The summed E-state index contributed by atoms with van der Waals surface area (Å²) in [6.45, 7) is 2.00. The van der Waals surface area contributed by atoms with Crippen molar-refractivity contribution in [1.29, 1.82) is 0 Å². The fraction of sp³-hybridized carbons (Fsp3) is 0.111. The van der Waals surface area contributed by atoms with Gasteiger partial charge in [0.1, 0.15) is 11.3 Å². The van der Waals surface area contributed by atoms with Crippen molar-refractivity contribution in [2.45, 2.75) is 13.3 Å². The van der Waals surface area contributed by atoms with E-state index in [-0.39, 0.29) is 5.82 Å². The van der Waals surface area contributed by atoms with Crippen molar-refractivity contribution in [2.75, 3.05) is 0 Å². The highest BCUT2D eigenvalue weighted by atomic mass is 35.5. The van der Waals surface area contributed by atoms with Crippen LogP contribution in [0.5, 0.6) is 0 Å². The molecule has 5 aromatic rings. The Balaban J connectivity index is 1.73. The number of hydrogen-bond acceptors (Lipinski definition) is 4. The molecule has 0 spiro atoms. The van der Waals surface area contributed by atoms with Crippen molar-refractivity contribution in [3.05, 3.63) is 64.2 Å². The summed E-state index contributed by atoms with van der Waals surface area (Å²) in [5.41, 5.74) is 4.17. The molecule has 6 nitrogen and oxygen atoms in total. The van der Waals surface area contributed by atoms with Gasteiger partial charge in [-0.3, -0.25) is 0 Å². The van der Waals surface area contributed by atoms with Crippen LogP contribution in [0, 0.1) is 12.7 Å². The SMILES string of the molecule is Cc1ccc(Cl)c2c1[nH]c1nc3nnc(Cc4ccc(F)cc4)n3nc12. The Morgan fingerprint density at radius 2 is 1.92 bits per heavy atom. The molecular weight excluding hydrogens is 355 g/mol. The van der Waals surface area contributed by atoms with Crippen LogP contribution >= 0.6 is 11.6 Å². The number of rotatable bonds is 2. The second kappa shape index (κ2) is 5.47. The molecule has 1 N–H and O–H groups in total. The third kappa shape index (κ3) is 2.24. The molecular formula is C18H12ClFN6. The molecule has 0 amide bonds. The number of H-pyrrole nitrogens is 1. The predicted octanol–water partition coefficient (Wildman–Crippen LogP) is 3.85. The van der Waals surface area contributed by atoms with Crippen LogP contribution in [0.3, 0.4) is 0 Å². The first kappa shape index (κ1) is 15.2. The van der Waals surface area contributed by atoms with Gasteiger partial charge in [0.05, 0.1) is 10.5 Å². The van der Waals surface area contributed by atoms with Crippen LogP contribution in [-0.4, -0.2) is 29.8 Å². The lowest BCUT2D eigenvalue weighted by molar-refractivity contribution is 0.627. The third-order valence-corrected chi connectivity index (χ3v) is 4.76. The van der Waals surface area contributed by atoms with E-state index < -0.39 is 0 Å². The Bertz CT molecular complexity index is 1290. The van der Waals surface area contributed by atoms with Gasteiger partial charge in [0, 0.05) is 11.8 Å². The number of hydrogen-bond donors (Lipinski definition) is 1. The quantitative estimate of drug-likeness (QED) is 0.515. The Hall–Kier alpha value is -3.06. The fourth-order valence-corrected chi connectivity index (χ4v) is 3.37. The second-order valence-corrected chi connectivity index (χ2v) is 6.59. The smallest absolute Gasteiger partial charge is 0.273 e. The van der Waals surface area contributed by atoms with Gasteiger partial charge in [0.2, 0.25) is 0 Å². The maximum absolute atomic E-state index is 13.1. The minimum absolute atomic E-state index is 0.273. The van der Waals surface area contributed by atoms with E-state index in [0.29, 0.717) is 34.2 Å². The second-order valence-electron chi connectivity index (χ2n) is 6.18. The highest BCUT2D eigenvalue weighted by molar-refractivity contribution is 6.37. The lowest BCUT2D eigenvalue weighted by atomic mass is 10.1. The van der Waals surface area contributed by atoms with Gasteiger partial charge >= 0.3 is 0 Å². The maximum atomic E-state index is 13.1. The van der Waals surface area contributed by atoms with Gasteiger partial charge in [0.15, 0.2) is 11.5 Å². The number of aromatic nitrogens is 6. The molecule has 3 aromatic heterocycles. The minimum atomic E-state index is -0.273. The third-order valence-electron chi connectivity index (χ3n) is 4.44. The molecule has 0 saturated heterocycles. The predicted molar refractivity (Wildman–Crippen MR) is 96.9 cm³/mol. The molecule has 128 valence electrons. The zero-order chi connectivity index (χ0) is 17.8. The molecule has 0 radical (unpaired) electrons. The van der Waals surface area contributed by atoms with Crippen LogP contribution < -0.4 is 0 Å². The Morgan fingerprint density at radius 3 is 2.73 bits per heavy atom. The topological polar surface area (TPSA) is 71.8 Å². The summed E-state index contributed by atoms with van der Waals surface area (Å²) in [6.07, 6.45) is 0.469. The summed E-state index contributed by atoms with van der Waals surface area (Å²) in [4.78, 5) is 7.79. The van der Waals surface area contributed by atoms with Gasteiger partial charge in [-0.2, -0.15) is 14.6 Å². The van der Waals surface area contributed by atoms with E-state index in [9.17, 15) is 4.39 Å². The van der Waals surface area contributed by atoms with Crippen molar-refractivity contribution < 1.29 is 4.39 Å². The molecule has 5 rings (SSSR count). The van der Waals surface area contributed by atoms with E-state index in [1.165, 1.54) is 12.1 Å². The first-order chi connectivity index (χ1) is 12.6. The molecule has 0 aliphatic heterocycles. The normalized spacial score (nSPS) is 11.8. The van der Waals surface area contributed by atoms with E-state index in [1.54, 1.807) is 16.6 Å². The molecule has 0 saturated carbocycles. The van der Waals surface area contributed by atoms with Crippen LogP contribution in [-0.2, 0) is 6.42 Å². The van der Waals surface area contributed by atoms with E-state index >= 15 is 0 Å². The van der Waals surface area contributed by atoms with Crippen molar-refractivity contribution in [3.63, 3.8) is 0 Å². The number of aryl methyl sites for hydroxylation is 1. The summed E-state index contributed by atoms with van der Waals surface area (Å²) in [5.74, 6) is 0.749. The standard InChI is InChI=1S/C18H12ClFN6/c1-9-2-7-12(19)14-15(9)21-17-16(14)25-26-13(23-24-18(26)22-17)8-10-3-5-11(20)6-4-10/h2-7H,8H2,1H3,(H,21,22,24). The number of aromatic amines is 1. The molecule has 0 unspecified atom stereocenters. The molecule has 3 heterocycles. The Morgan fingerprint density at radius 1 is 1.12 bits per heavy atom. The number of benzene rings is 2. The van der Waals surface area contributed by atoms with Gasteiger partial charge in [-0.05, 0) is 36.2 Å². The summed E-state index contributed by atoms with van der Waals surface area (Å²) in [6, 6.07) is 10.1. The van der Waals surface area contributed by atoms with E-state index in [1.807, 2.05) is 19.1 Å². The first-order valence-electron chi connectivity index (χ1n) is 8.03.